The molecule has 148 valence electrons. The van der Waals surface area contributed by atoms with Crippen LogP contribution in [0.3, 0.4) is 0 Å². The molecule has 3 aromatic rings. The van der Waals surface area contributed by atoms with Gasteiger partial charge in [-0.05, 0) is 49.2 Å². The first kappa shape index (κ1) is 18.9. The third-order valence-corrected chi connectivity index (χ3v) is 4.96. The van der Waals surface area contributed by atoms with Crippen LogP contribution in [0.25, 0.3) is 10.9 Å². The second-order valence-electron chi connectivity index (χ2n) is 7.06. The zero-order valence-electron chi connectivity index (χ0n) is 16.1. The Morgan fingerprint density at radius 3 is 2.90 bits per heavy atom. The molecular formula is C22H23N5O2. The van der Waals surface area contributed by atoms with Crippen molar-refractivity contribution in [2.24, 2.45) is 0 Å². The maximum atomic E-state index is 12.4. The van der Waals surface area contributed by atoms with Crippen LogP contribution in [0.4, 0.5) is 11.5 Å². The summed E-state index contributed by atoms with van der Waals surface area (Å²) in [6.07, 6.45) is 5.71. The number of amides is 2. The molecule has 1 aromatic carbocycles. The SMILES string of the molecule is O=C(NCCCN1CCCC1=O)c1ccnc(Nc2ccc3ncccc3c2)c1. The Morgan fingerprint density at radius 2 is 2.03 bits per heavy atom. The molecule has 1 fully saturated rings. The lowest BCUT2D eigenvalue weighted by Gasteiger charge is -2.15. The summed E-state index contributed by atoms with van der Waals surface area (Å²) in [5, 5.41) is 7.18. The van der Waals surface area contributed by atoms with Crippen LogP contribution in [0.5, 0.6) is 0 Å². The molecule has 0 saturated carbocycles. The minimum Gasteiger partial charge on any atom is -0.352 e. The number of benzene rings is 1. The fraction of sp³-hybridized carbons (Fsp3) is 0.273. The van der Waals surface area contributed by atoms with Crippen LogP contribution in [0.1, 0.15) is 29.6 Å². The highest BCUT2D eigenvalue weighted by molar-refractivity contribution is 5.95. The molecule has 0 bridgehead atoms. The largest absolute Gasteiger partial charge is 0.352 e. The number of carbonyl (C=O) groups is 2. The van der Waals surface area contributed by atoms with Crippen molar-refractivity contribution in [3.05, 3.63) is 60.4 Å². The van der Waals surface area contributed by atoms with E-state index in [9.17, 15) is 9.59 Å². The molecule has 7 nitrogen and oxygen atoms in total. The Morgan fingerprint density at radius 1 is 1.10 bits per heavy atom. The highest BCUT2D eigenvalue weighted by Gasteiger charge is 2.19. The smallest absolute Gasteiger partial charge is 0.251 e. The van der Waals surface area contributed by atoms with Gasteiger partial charge in [-0.1, -0.05) is 6.07 Å². The summed E-state index contributed by atoms with van der Waals surface area (Å²) in [7, 11) is 0. The van der Waals surface area contributed by atoms with E-state index in [0.717, 1.165) is 36.0 Å². The van der Waals surface area contributed by atoms with E-state index in [1.807, 2.05) is 35.2 Å². The third-order valence-electron chi connectivity index (χ3n) is 4.96. The van der Waals surface area contributed by atoms with Gasteiger partial charge in [0, 0.05) is 55.1 Å². The minimum absolute atomic E-state index is 0.147. The van der Waals surface area contributed by atoms with Crippen molar-refractivity contribution < 1.29 is 9.59 Å². The Hall–Kier alpha value is -3.48. The lowest BCUT2D eigenvalue weighted by Crippen LogP contribution is -2.30. The second-order valence-corrected chi connectivity index (χ2v) is 7.06. The van der Waals surface area contributed by atoms with E-state index >= 15 is 0 Å². The Kier molecular flexibility index (Phi) is 5.65. The molecule has 0 atom stereocenters. The van der Waals surface area contributed by atoms with Gasteiger partial charge in [-0.3, -0.25) is 14.6 Å². The van der Waals surface area contributed by atoms with Crippen LogP contribution in [-0.4, -0.2) is 46.3 Å². The average molecular weight is 389 g/mol. The van der Waals surface area contributed by atoms with Crippen molar-refractivity contribution >= 4 is 34.2 Å². The molecule has 0 unspecified atom stereocenters. The van der Waals surface area contributed by atoms with Crippen molar-refractivity contribution in [3.8, 4) is 0 Å². The number of hydrogen-bond acceptors (Lipinski definition) is 5. The predicted molar refractivity (Wildman–Crippen MR) is 112 cm³/mol. The van der Waals surface area contributed by atoms with E-state index in [4.69, 9.17) is 0 Å². The van der Waals surface area contributed by atoms with E-state index in [0.29, 0.717) is 30.9 Å². The Bertz CT molecular complexity index is 1040. The summed E-state index contributed by atoms with van der Waals surface area (Å²) in [5.41, 5.74) is 2.35. The lowest BCUT2D eigenvalue weighted by atomic mass is 10.2. The van der Waals surface area contributed by atoms with Gasteiger partial charge in [0.2, 0.25) is 5.91 Å². The maximum absolute atomic E-state index is 12.4. The van der Waals surface area contributed by atoms with Gasteiger partial charge in [0.25, 0.3) is 5.91 Å². The number of nitrogens with zero attached hydrogens (tertiary/aromatic N) is 3. The van der Waals surface area contributed by atoms with Gasteiger partial charge >= 0.3 is 0 Å². The average Bonchev–Trinajstić information content (AvgIpc) is 3.16. The summed E-state index contributed by atoms with van der Waals surface area (Å²) < 4.78 is 0. The molecule has 1 aliphatic heterocycles. The van der Waals surface area contributed by atoms with Crippen molar-refractivity contribution in [3.63, 3.8) is 0 Å². The first-order valence-corrected chi connectivity index (χ1v) is 9.83. The number of aromatic nitrogens is 2. The molecule has 1 saturated heterocycles. The van der Waals surface area contributed by atoms with E-state index < -0.39 is 0 Å². The zero-order chi connectivity index (χ0) is 20.1. The number of hydrogen-bond donors (Lipinski definition) is 2. The van der Waals surface area contributed by atoms with Gasteiger partial charge in [-0.2, -0.15) is 0 Å². The molecule has 2 amide bonds. The fourth-order valence-electron chi connectivity index (χ4n) is 3.46. The monoisotopic (exact) mass is 389 g/mol. The number of anilines is 2. The van der Waals surface area contributed by atoms with E-state index in [2.05, 4.69) is 20.6 Å². The number of pyridine rings is 2. The van der Waals surface area contributed by atoms with Crippen LogP contribution < -0.4 is 10.6 Å². The van der Waals surface area contributed by atoms with Crippen LogP contribution in [0.2, 0.25) is 0 Å². The number of nitrogens with one attached hydrogen (secondary N) is 2. The molecule has 29 heavy (non-hydrogen) atoms. The summed E-state index contributed by atoms with van der Waals surface area (Å²) in [5.74, 6) is 0.667. The van der Waals surface area contributed by atoms with E-state index in [1.165, 1.54) is 0 Å². The van der Waals surface area contributed by atoms with Gasteiger partial charge < -0.3 is 15.5 Å². The molecule has 3 heterocycles. The third kappa shape index (κ3) is 4.68. The van der Waals surface area contributed by atoms with Gasteiger partial charge in [0.05, 0.1) is 5.52 Å². The molecule has 1 aliphatic rings. The molecule has 4 rings (SSSR count). The molecule has 0 spiro atoms. The van der Waals surface area contributed by atoms with Crippen LogP contribution in [-0.2, 0) is 4.79 Å². The molecule has 0 aliphatic carbocycles. The fourth-order valence-corrected chi connectivity index (χ4v) is 3.46. The molecule has 2 aromatic heterocycles. The van der Waals surface area contributed by atoms with Crippen molar-refractivity contribution in [2.75, 3.05) is 25.0 Å². The number of fused-ring (bicyclic) bond motifs is 1. The molecule has 2 N–H and O–H groups in total. The summed E-state index contributed by atoms with van der Waals surface area (Å²) in [4.78, 5) is 34.5. The first-order chi connectivity index (χ1) is 14.2. The molecular weight excluding hydrogens is 366 g/mol. The zero-order valence-corrected chi connectivity index (χ0v) is 16.1. The standard InChI is InChI=1S/C22H23N5O2/c28-21-5-2-12-27(21)13-3-10-25-22(29)17-8-11-24-20(15-17)26-18-6-7-19-16(14-18)4-1-9-23-19/h1,4,6-9,11,14-15H,2-3,5,10,12-13H2,(H,24,26)(H,25,29). The molecule has 0 radical (unpaired) electrons. The van der Waals surface area contributed by atoms with Gasteiger partial charge in [-0.15, -0.1) is 0 Å². The highest BCUT2D eigenvalue weighted by Crippen LogP contribution is 2.20. The van der Waals surface area contributed by atoms with E-state index in [1.54, 1.807) is 24.5 Å². The van der Waals surface area contributed by atoms with Crippen molar-refractivity contribution in [1.82, 2.24) is 20.2 Å². The number of rotatable bonds is 7. The normalized spacial score (nSPS) is 13.7. The lowest BCUT2D eigenvalue weighted by molar-refractivity contribution is -0.127. The summed E-state index contributed by atoms with van der Waals surface area (Å²) in [6.45, 7) is 2.06. The second kappa shape index (κ2) is 8.68. The Balaban J connectivity index is 1.33. The van der Waals surface area contributed by atoms with Crippen LogP contribution in [0.15, 0.2) is 54.9 Å². The first-order valence-electron chi connectivity index (χ1n) is 9.83. The summed E-state index contributed by atoms with van der Waals surface area (Å²) in [6, 6.07) is 13.2. The molecule has 7 heteroatoms. The van der Waals surface area contributed by atoms with Crippen LogP contribution >= 0.6 is 0 Å². The van der Waals surface area contributed by atoms with Gasteiger partial charge in [-0.25, -0.2) is 4.98 Å². The van der Waals surface area contributed by atoms with Crippen molar-refractivity contribution in [2.45, 2.75) is 19.3 Å². The number of carbonyl (C=O) groups excluding carboxylic acids is 2. The van der Waals surface area contributed by atoms with E-state index in [-0.39, 0.29) is 11.8 Å². The highest BCUT2D eigenvalue weighted by atomic mass is 16.2. The topological polar surface area (TPSA) is 87.2 Å². The van der Waals surface area contributed by atoms with Crippen molar-refractivity contribution in [1.29, 1.82) is 0 Å². The predicted octanol–water partition coefficient (Wildman–Crippen LogP) is 3.12. The summed E-state index contributed by atoms with van der Waals surface area (Å²) >= 11 is 0. The van der Waals surface area contributed by atoms with Gasteiger partial charge in [0.15, 0.2) is 0 Å². The minimum atomic E-state index is -0.147. The van der Waals surface area contributed by atoms with Crippen LogP contribution in [0, 0.1) is 0 Å². The number of likely N-dealkylation sites (tertiary alicyclic amines) is 1. The quantitative estimate of drug-likeness (QED) is 0.606. The Labute approximate surface area is 169 Å². The van der Waals surface area contributed by atoms with Gasteiger partial charge in [0.1, 0.15) is 5.82 Å². The maximum Gasteiger partial charge on any atom is 0.251 e.